The summed E-state index contributed by atoms with van der Waals surface area (Å²) in [6.07, 6.45) is 0. The van der Waals surface area contributed by atoms with Crippen molar-refractivity contribution in [3.8, 4) is 11.4 Å². The van der Waals surface area contributed by atoms with Crippen LogP contribution in [0.2, 0.25) is 0 Å². The van der Waals surface area contributed by atoms with E-state index >= 15 is 0 Å². The van der Waals surface area contributed by atoms with Crippen LogP contribution in [0.4, 0.5) is 4.39 Å². The number of halogens is 2. The lowest BCUT2D eigenvalue weighted by Gasteiger charge is -2.12. The molecule has 0 amide bonds. The highest BCUT2D eigenvalue weighted by Crippen LogP contribution is 2.25. The Morgan fingerprint density at radius 2 is 2.05 bits per heavy atom. The van der Waals surface area contributed by atoms with Gasteiger partial charge < -0.3 is 4.57 Å². The van der Waals surface area contributed by atoms with Gasteiger partial charge in [-0.3, -0.25) is 0 Å². The van der Waals surface area contributed by atoms with Crippen molar-refractivity contribution in [1.29, 1.82) is 0 Å². The monoisotopic (exact) mass is 281 g/mol. The quantitative estimate of drug-likeness (QED) is 0.799. The van der Waals surface area contributed by atoms with Crippen LogP contribution in [0.3, 0.4) is 0 Å². The van der Waals surface area contributed by atoms with Gasteiger partial charge in [0.25, 0.3) is 0 Å². The number of alkyl halides is 1. The van der Waals surface area contributed by atoms with Gasteiger partial charge in [0, 0.05) is 6.54 Å². The van der Waals surface area contributed by atoms with E-state index in [4.69, 9.17) is 11.6 Å². The molecule has 0 bridgehead atoms. The molecule has 0 spiro atoms. The van der Waals surface area contributed by atoms with E-state index in [0.29, 0.717) is 28.7 Å². The zero-order valence-electron chi connectivity index (χ0n) is 11.3. The van der Waals surface area contributed by atoms with Crippen LogP contribution in [0, 0.1) is 18.7 Å². The predicted molar refractivity (Wildman–Crippen MR) is 74.5 cm³/mol. The highest BCUT2D eigenvalue weighted by Gasteiger charge is 2.17. The third kappa shape index (κ3) is 2.78. The Kier molecular flexibility index (Phi) is 4.20. The van der Waals surface area contributed by atoms with E-state index in [9.17, 15) is 4.39 Å². The average Bonchev–Trinajstić information content (AvgIpc) is 2.75. The fourth-order valence-electron chi connectivity index (χ4n) is 2.01. The number of hydrogen-bond acceptors (Lipinski definition) is 2. The molecular weight excluding hydrogens is 265 g/mol. The SMILES string of the molecule is Cc1cccc(-c2nnc(CCl)n2CC(C)C)c1F. The Bertz CT molecular complexity index is 578. The Morgan fingerprint density at radius 1 is 1.32 bits per heavy atom. The summed E-state index contributed by atoms with van der Waals surface area (Å²) in [4.78, 5) is 0. The molecule has 2 aromatic rings. The summed E-state index contributed by atoms with van der Waals surface area (Å²) in [5.41, 5.74) is 1.08. The van der Waals surface area contributed by atoms with Crippen molar-refractivity contribution in [2.24, 2.45) is 5.92 Å². The molecule has 19 heavy (non-hydrogen) atoms. The van der Waals surface area contributed by atoms with Gasteiger partial charge >= 0.3 is 0 Å². The third-order valence-electron chi connectivity index (χ3n) is 2.93. The molecule has 0 atom stereocenters. The number of rotatable bonds is 4. The standard InChI is InChI=1S/C14H17ClFN3/c1-9(2)8-19-12(7-15)17-18-14(19)11-6-4-5-10(3)13(11)16/h4-6,9H,7-8H2,1-3H3. The maximum atomic E-state index is 14.2. The molecule has 0 unspecified atom stereocenters. The molecule has 0 aliphatic carbocycles. The first-order valence-corrected chi connectivity index (χ1v) is 6.81. The fourth-order valence-corrected chi connectivity index (χ4v) is 2.21. The number of aromatic nitrogens is 3. The minimum absolute atomic E-state index is 0.249. The molecule has 5 heteroatoms. The van der Waals surface area contributed by atoms with Gasteiger partial charge in [0.1, 0.15) is 11.6 Å². The van der Waals surface area contributed by atoms with Gasteiger partial charge in [-0.2, -0.15) is 0 Å². The van der Waals surface area contributed by atoms with Gasteiger partial charge in [0.05, 0.1) is 11.4 Å². The smallest absolute Gasteiger partial charge is 0.166 e. The van der Waals surface area contributed by atoms with Crippen LogP contribution >= 0.6 is 11.6 Å². The summed E-state index contributed by atoms with van der Waals surface area (Å²) in [5, 5.41) is 8.15. The van der Waals surface area contributed by atoms with Crippen molar-refractivity contribution >= 4 is 11.6 Å². The van der Waals surface area contributed by atoms with Crippen molar-refractivity contribution in [1.82, 2.24) is 14.8 Å². The number of benzene rings is 1. The molecule has 3 nitrogen and oxygen atoms in total. The maximum absolute atomic E-state index is 14.2. The minimum atomic E-state index is -0.249. The number of hydrogen-bond donors (Lipinski definition) is 0. The lowest BCUT2D eigenvalue weighted by Crippen LogP contribution is -2.10. The summed E-state index contributed by atoms with van der Waals surface area (Å²) >= 11 is 5.87. The second kappa shape index (κ2) is 5.70. The molecule has 0 saturated heterocycles. The first-order valence-electron chi connectivity index (χ1n) is 6.28. The highest BCUT2D eigenvalue weighted by atomic mass is 35.5. The van der Waals surface area contributed by atoms with Crippen LogP contribution in [-0.4, -0.2) is 14.8 Å². The van der Waals surface area contributed by atoms with Crippen molar-refractivity contribution < 1.29 is 4.39 Å². The van der Waals surface area contributed by atoms with Crippen molar-refractivity contribution in [3.05, 3.63) is 35.4 Å². The van der Waals surface area contributed by atoms with E-state index in [-0.39, 0.29) is 11.7 Å². The van der Waals surface area contributed by atoms with E-state index in [0.717, 1.165) is 6.54 Å². The van der Waals surface area contributed by atoms with Gasteiger partial charge in [0.15, 0.2) is 5.82 Å². The van der Waals surface area contributed by atoms with Crippen LogP contribution in [0.1, 0.15) is 25.2 Å². The maximum Gasteiger partial charge on any atom is 0.166 e. The fraction of sp³-hybridized carbons (Fsp3) is 0.429. The average molecular weight is 282 g/mol. The Hall–Kier alpha value is -1.42. The number of nitrogens with zero attached hydrogens (tertiary/aromatic N) is 3. The molecule has 0 N–H and O–H groups in total. The zero-order valence-corrected chi connectivity index (χ0v) is 12.1. The molecule has 2 rings (SSSR count). The topological polar surface area (TPSA) is 30.7 Å². The lowest BCUT2D eigenvalue weighted by atomic mass is 10.1. The van der Waals surface area contributed by atoms with Gasteiger partial charge in [-0.15, -0.1) is 21.8 Å². The molecule has 1 aromatic heterocycles. The molecule has 102 valence electrons. The molecule has 0 aliphatic heterocycles. The van der Waals surface area contributed by atoms with E-state index in [1.807, 2.05) is 10.6 Å². The van der Waals surface area contributed by atoms with E-state index in [1.54, 1.807) is 19.1 Å². The van der Waals surface area contributed by atoms with Gasteiger partial charge in [-0.1, -0.05) is 26.0 Å². The molecule has 0 aliphatic rings. The van der Waals surface area contributed by atoms with Crippen LogP contribution in [0.5, 0.6) is 0 Å². The largest absolute Gasteiger partial charge is 0.310 e. The predicted octanol–water partition coefficient (Wildman–Crippen LogP) is 3.79. The molecule has 1 aromatic carbocycles. The molecule has 0 fully saturated rings. The summed E-state index contributed by atoms with van der Waals surface area (Å²) in [6.45, 7) is 6.64. The Labute approximate surface area is 117 Å². The summed E-state index contributed by atoms with van der Waals surface area (Å²) < 4.78 is 16.1. The summed E-state index contributed by atoms with van der Waals surface area (Å²) in [5.74, 6) is 1.65. The zero-order chi connectivity index (χ0) is 14.0. The van der Waals surface area contributed by atoms with Crippen molar-refractivity contribution in [2.45, 2.75) is 33.2 Å². The summed E-state index contributed by atoms with van der Waals surface area (Å²) in [7, 11) is 0. The van der Waals surface area contributed by atoms with Gasteiger partial charge in [-0.05, 0) is 24.5 Å². The van der Waals surface area contributed by atoms with E-state index < -0.39 is 0 Å². The Balaban J connectivity index is 2.55. The normalized spacial score (nSPS) is 11.3. The van der Waals surface area contributed by atoms with Crippen LogP contribution in [-0.2, 0) is 12.4 Å². The van der Waals surface area contributed by atoms with Gasteiger partial charge in [0.2, 0.25) is 0 Å². The lowest BCUT2D eigenvalue weighted by molar-refractivity contribution is 0.514. The minimum Gasteiger partial charge on any atom is -0.310 e. The molecule has 1 heterocycles. The second-order valence-corrected chi connectivity index (χ2v) is 5.28. The highest BCUT2D eigenvalue weighted by molar-refractivity contribution is 6.16. The van der Waals surface area contributed by atoms with Crippen molar-refractivity contribution in [2.75, 3.05) is 0 Å². The molecule has 0 saturated carbocycles. The van der Waals surface area contributed by atoms with E-state index in [1.165, 1.54) is 0 Å². The van der Waals surface area contributed by atoms with Crippen molar-refractivity contribution in [3.63, 3.8) is 0 Å². The Morgan fingerprint density at radius 3 is 2.68 bits per heavy atom. The first kappa shape index (κ1) is 14.0. The van der Waals surface area contributed by atoms with E-state index in [2.05, 4.69) is 24.0 Å². The van der Waals surface area contributed by atoms with Crippen LogP contribution in [0.15, 0.2) is 18.2 Å². The summed E-state index contributed by atoms with van der Waals surface area (Å²) in [6, 6.07) is 5.29. The first-order chi connectivity index (χ1) is 9.04. The molecule has 0 radical (unpaired) electrons. The van der Waals surface area contributed by atoms with Gasteiger partial charge in [-0.25, -0.2) is 4.39 Å². The third-order valence-corrected chi connectivity index (χ3v) is 3.17. The van der Waals surface area contributed by atoms with Crippen LogP contribution in [0.25, 0.3) is 11.4 Å². The molecular formula is C14H17ClFN3. The second-order valence-electron chi connectivity index (χ2n) is 5.01. The van der Waals surface area contributed by atoms with Crippen LogP contribution < -0.4 is 0 Å². The number of aryl methyl sites for hydroxylation is 1.